The third-order valence-corrected chi connectivity index (χ3v) is 4.69. The van der Waals surface area contributed by atoms with Gasteiger partial charge >= 0.3 is 6.03 Å². The minimum Gasteiger partial charge on any atom is -0.335 e. The Morgan fingerprint density at radius 3 is 2.41 bits per heavy atom. The van der Waals surface area contributed by atoms with E-state index in [0.717, 1.165) is 43.4 Å². The van der Waals surface area contributed by atoms with Crippen molar-refractivity contribution in [3.63, 3.8) is 0 Å². The fourth-order valence-electron chi connectivity index (χ4n) is 3.32. The number of aryl methyl sites for hydroxylation is 1. The Labute approximate surface area is 160 Å². The van der Waals surface area contributed by atoms with Crippen molar-refractivity contribution in [2.24, 2.45) is 0 Å². The molecule has 0 saturated heterocycles. The van der Waals surface area contributed by atoms with E-state index in [1.165, 1.54) is 6.42 Å². The maximum Gasteiger partial charge on any atom is 0.321 e. The van der Waals surface area contributed by atoms with Crippen molar-refractivity contribution >= 4 is 23.5 Å². The second kappa shape index (κ2) is 10.7. The highest BCUT2D eigenvalue weighted by molar-refractivity contribution is 5.96. The number of amides is 4. The summed E-state index contributed by atoms with van der Waals surface area (Å²) in [4.78, 5) is 37.7. The van der Waals surface area contributed by atoms with E-state index < -0.39 is 11.9 Å². The smallest absolute Gasteiger partial charge is 0.321 e. The Hall–Kier alpha value is -2.41. The number of benzene rings is 1. The molecule has 7 heteroatoms. The summed E-state index contributed by atoms with van der Waals surface area (Å²) in [5.41, 5.74) is 1.85. The molecule has 2 rings (SSSR count). The van der Waals surface area contributed by atoms with Crippen molar-refractivity contribution in [3.8, 4) is 0 Å². The zero-order valence-corrected chi connectivity index (χ0v) is 16.2. The van der Waals surface area contributed by atoms with Gasteiger partial charge in [-0.1, -0.05) is 44.4 Å². The molecule has 1 fully saturated rings. The fourth-order valence-corrected chi connectivity index (χ4v) is 3.32. The van der Waals surface area contributed by atoms with Gasteiger partial charge in [0.2, 0.25) is 11.8 Å². The molecule has 148 valence electrons. The van der Waals surface area contributed by atoms with Crippen LogP contribution in [-0.2, 0) is 16.0 Å². The largest absolute Gasteiger partial charge is 0.335 e. The first kappa shape index (κ1) is 20.9. The normalized spacial score (nSPS) is 14.6. The second-order valence-electron chi connectivity index (χ2n) is 7.09. The van der Waals surface area contributed by atoms with Gasteiger partial charge in [0.15, 0.2) is 0 Å². The SMILES string of the molecule is CCc1ccccc1NC(=O)CN(C)CC(=O)NC(=O)NC1CCCCC1. The van der Waals surface area contributed by atoms with Gasteiger partial charge in [0, 0.05) is 11.7 Å². The lowest BCUT2D eigenvalue weighted by molar-refractivity contribution is -0.122. The Morgan fingerprint density at radius 1 is 1.04 bits per heavy atom. The van der Waals surface area contributed by atoms with Crippen LogP contribution in [0, 0.1) is 0 Å². The molecule has 7 nitrogen and oxygen atoms in total. The molecule has 0 heterocycles. The van der Waals surface area contributed by atoms with E-state index >= 15 is 0 Å². The zero-order chi connectivity index (χ0) is 19.6. The van der Waals surface area contributed by atoms with E-state index in [0.29, 0.717) is 0 Å². The molecule has 0 aliphatic heterocycles. The highest BCUT2D eigenvalue weighted by Crippen LogP contribution is 2.17. The quantitative estimate of drug-likeness (QED) is 0.683. The van der Waals surface area contributed by atoms with Crippen LogP contribution in [0.4, 0.5) is 10.5 Å². The highest BCUT2D eigenvalue weighted by Gasteiger charge is 2.18. The molecule has 0 bridgehead atoms. The first-order valence-corrected chi connectivity index (χ1v) is 9.64. The van der Waals surface area contributed by atoms with Crippen LogP contribution in [0.15, 0.2) is 24.3 Å². The molecule has 1 aromatic carbocycles. The van der Waals surface area contributed by atoms with Crippen molar-refractivity contribution in [2.75, 3.05) is 25.5 Å². The van der Waals surface area contributed by atoms with Gasteiger partial charge < -0.3 is 10.6 Å². The summed E-state index contributed by atoms with van der Waals surface area (Å²) in [5, 5.41) is 8.05. The van der Waals surface area contributed by atoms with Crippen molar-refractivity contribution in [1.29, 1.82) is 0 Å². The van der Waals surface area contributed by atoms with Crippen LogP contribution >= 0.6 is 0 Å². The molecule has 27 heavy (non-hydrogen) atoms. The number of likely N-dealkylation sites (N-methyl/N-ethyl adjacent to an activating group) is 1. The van der Waals surface area contributed by atoms with Crippen molar-refractivity contribution < 1.29 is 14.4 Å². The Balaban J connectivity index is 1.72. The van der Waals surface area contributed by atoms with Crippen LogP contribution in [0.5, 0.6) is 0 Å². The summed E-state index contributed by atoms with van der Waals surface area (Å²) in [6.07, 6.45) is 6.16. The predicted molar refractivity (Wildman–Crippen MR) is 105 cm³/mol. The van der Waals surface area contributed by atoms with Crippen LogP contribution in [0.3, 0.4) is 0 Å². The number of rotatable bonds is 7. The summed E-state index contributed by atoms with van der Waals surface area (Å²) in [5.74, 6) is -0.620. The molecule has 4 amide bonds. The molecule has 0 unspecified atom stereocenters. The fraction of sp³-hybridized carbons (Fsp3) is 0.550. The van der Waals surface area contributed by atoms with Crippen LogP contribution < -0.4 is 16.0 Å². The minimum absolute atomic E-state index is 0.0269. The van der Waals surface area contributed by atoms with Gasteiger partial charge in [-0.25, -0.2) is 4.79 Å². The summed E-state index contributed by atoms with van der Waals surface area (Å²) in [7, 11) is 1.67. The van der Waals surface area contributed by atoms with Gasteiger partial charge in [-0.2, -0.15) is 0 Å². The Morgan fingerprint density at radius 2 is 1.70 bits per heavy atom. The monoisotopic (exact) mass is 374 g/mol. The molecular weight excluding hydrogens is 344 g/mol. The van der Waals surface area contributed by atoms with Crippen LogP contribution in [0.2, 0.25) is 0 Å². The number of nitrogens with one attached hydrogen (secondary N) is 3. The average molecular weight is 374 g/mol. The molecule has 1 aliphatic rings. The first-order chi connectivity index (χ1) is 13.0. The van der Waals surface area contributed by atoms with E-state index in [2.05, 4.69) is 16.0 Å². The van der Waals surface area contributed by atoms with E-state index in [1.54, 1.807) is 11.9 Å². The summed E-state index contributed by atoms with van der Waals surface area (Å²) >= 11 is 0. The lowest BCUT2D eigenvalue weighted by atomic mass is 9.96. The lowest BCUT2D eigenvalue weighted by Crippen LogP contribution is -2.48. The molecule has 3 N–H and O–H groups in total. The summed E-state index contributed by atoms with van der Waals surface area (Å²) in [6.45, 7) is 2.07. The topological polar surface area (TPSA) is 90.5 Å². The summed E-state index contributed by atoms with van der Waals surface area (Å²) < 4.78 is 0. The lowest BCUT2D eigenvalue weighted by Gasteiger charge is -2.23. The van der Waals surface area contributed by atoms with Gasteiger partial charge in [0.25, 0.3) is 0 Å². The van der Waals surface area contributed by atoms with Gasteiger partial charge in [-0.3, -0.25) is 19.8 Å². The number of anilines is 1. The third kappa shape index (κ3) is 7.38. The van der Waals surface area contributed by atoms with Gasteiger partial charge in [0.1, 0.15) is 0 Å². The van der Waals surface area contributed by atoms with Crippen LogP contribution in [0.1, 0.15) is 44.6 Å². The molecule has 0 aromatic heterocycles. The first-order valence-electron chi connectivity index (χ1n) is 9.64. The Kier molecular flexibility index (Phi) is 8.26. The third-order valence-electron chi connectivity index (χ3n) is 4.69. The molecule has 0 radical (unpaired) electrons. The van der Waals surface area contributed by atoms with Gasteiger partial charge in [0.05, 0.1) is 13.1 Å². The number of carbonyl (C=O) groups is 3. The number of para-hydroxylation sites is 1. The minimum atomic E-state index is -0.457. The zero-order valence-electron chi connectivity index (χ0n) is 16.2. The summed E-state index contributed by atoms with van der Waals surface area (Å²) in [6, 6.07) is 7.33. The highest BCUT2D eigenvalue weighted by atomic mass is 16.2. The number of imide groups is 1. The molecular formula is C20H30N4O3. The van der Waals surface area contributed by atoms with E-state index in [-0.39, 0.29) is 25.0 Å². The van der Waals surface area contributed by atoms with E-state index in [1.807, 2.05) is 31.2 Å². The molecule has 1 saturated carbocycles. The molecule has 0 atom stereocenters. The second-order valence-corrected chi connectivity index (χ2v) is 7.09. The number of urea groups is 1. The maximum absolute atomic E-state index is 12.2. The standard InChI is InChI=1S/C20H30N4O3/c1-3-15-9-7-8-12-17(15)22-18(25)13-24(2)14-19(26)23-20(27)21-16-10-5-4-6-11-16/h7-9,12,16H,3-6,10-11,13-14H2,1-2H3,(H,22,25)(H2,21,23,26,27). The van der Waals surface area contributed by atoms with Crippen LogP contribution in [0.25, 0.3) is 0 Å². The van der Waals surface area contributed by atoms with E-state index in [4.69, 9.17) is 0 Å². The van der Waals surface area contributed by atoms with Crippen molar-refractivity contribution in [3.05, 3.63) is 29.8 Å². The van der Waals surface area contributed by atoms with Gasteiger partial charge in [-0.15, -0.1) is 0 Å². The average Bonchev–Trinajstić information content (AvgIpc) is 2.62. The molecule has 1 aromatic rings. The predicted octanol–water partition coefficient (Wildman–Crippen LogP) is 2.28. The van der Waals surface area contributed by atoms with Crippen molar-refractivity contribution in [1.82, 2.24) is 15.5 Å². The van der Waals surface area contributed by atoms with E-state index in [9.17, 15) is 14.4 Å². The van der Waals surface area contributed by atoms with Gasteiger partial charge in [-0.05, 0) is 37.9 Å². The number of carbonyl (C=O) groups excluding carboxylic acids is 3. The Bertz CT molecular complexity index is 656. The molecule has 0 spiro atoms. The number of hydrogen-bond donors (Lipinski definition) is 3. The van der Waals surface area contributed by atoms with Crippen molar-refractivity contribution in [2.45, 2.75) is 51.5 Å². The molecule has 1 aliphatic carbocycles. The maximum atomic E-state index is 12.2. The number of hydrogen-bond acceptors (Lipinski definition) is 4. The number of nitrogens with zero attached hydrogens (tertiary/aromatic N) is 1. The van der Waals surface area contributed by atoms with Crippen LogP contribution in [-0.4, -0.2) is 48.9 Å².